The number of ether oxygens (including phenoxy) is 3. The molecule has 0 aliphatic heterocycles. The summed E-state index contributed by atoms with van der Waals surface area (Å²) in [5, 5.41) is 0. The van der Waals surface area contributed by atoms with Crippen molar-refractivity contribution in [1.29, 1.82) is 0 Å². The lowest BCUT2D eigenvalue weighted by Crippen LogP contribution is -2.16. The third-order valence-corrected chi connectivity index (χ3v) is 4.90. The van der Waals surface area contributed by atoms with Crippen molar-refractivity contribution in [3.8, 4) is 17.2 Å². The Bertz CT molecular complexity index is 1160. The standard InChI is InChI=1S/C23H24N2O6S/c1-29-21-4-2-3-5-22(21)31-15-18-8-6-17(7-9-18)14-30-20-12-10-19(11-13-20)23(24)25-16-32(26,27)28/h2-13H,14-16H2,1H3,(H2,24,25)(H,26,27,28). The van der Waals surface area contributed by atoms with Crippen molar-refractivity contribution in [3.05, 3.63) is 89.5 Å². The van der Waals surface area contributed by atoms with Gasteiger partial charge in [-0.1, -0.05) is 36.4 Å². The second-order valence-corrected chi connectivity index (χ2v) is 8.25. The van der Waals surface area contributed by atoms with Gasteiger partial charge in [-0.25, -0.2) is 4.99 Å². The lowest BCUT2D eigenvalue weighted by atomic mass is 10.1. The third kappa shape index (κ3) is 7.00. The van der Waals surface area contributed by atoms with Gasteiger partial charge in [0.05, 0.1) is 7.11 Å². The van der Waals surface area contributed by atoms with Crippen LogP contribution in [0.4, 0.5) is 0 Å². The lowest BCUT2D eigenvalue weighted by Gasteiger charge is -2.11. The number of rotatable bonds is 10. The Morgan fingerprint density at radius 1 is 0.875 bits per heavy atom. The average molecular weight is 457 g/mol. The molecule has 9 heteroatoms. The van der Waals surface area contributed by atoms with E-state index in [-0.39, 0.29) is 5.84 Å². The second kappa shape index (κ2) is 10.7. The van der Waals surface area contributed by atoms with Crippen molar-refractivity contribution in [2.45, 2.75) is 13.2 Å². The molecule has 0 atom stereocenters. The zero-order valence-corrected chi connectivity index (χ0v) is 18.3. The first-order valence-electron chi connectivity index (χ1n) is 9.66. The maximum atomic E-state index is 10.8. The van der Waals surface area contributed by atoms with Gasteiger partial charge >= 0.3 is 0 Å². The fourth-order valence-corrected chi connectivity index (χ4v) is 3.06. The molecule has 168 valence electrons. The predicted molar refractivity (Wildman–Crippen MR) is 122 cm³/mol. The monoisotopic (exact) mass is 456 g/mol. The van der Waals surface area contributed by atoms with E-state index in [1.165, 1.54) is 0 Å². The van der Waals surface area contributed by atoms with Crippen molar-refractivity contribution in [2.75, 3.05) is 13.0 Å². The summed E-state index contributed by atoms with van der Waals surface area (Å²) in [6.07, 6.45) is 0. The maximum Gasteiger partial charge on any atom is 0.285 e. The summed E-state index contributed by atoms with van der Waals surface area (Å²) < 4.78 is 47.1. The Morgan fingerprint density at radius 2 is 1.44 bits per heavy atom. The number of hydrogen-bond acceptors (Lipinski definition) is 6. The summed E-state index contributed by atoms with van der Waals surface area (Å²) in [6.45, 7) is 0.794. The van der Waals surface area contributed by atoms with Gasteiger partial charge in [-0.15, -0.1) is 0 Å². The zero-order valence-electron chi connectivity index (χ0n) is 17.5. The van der Waals surface area contributed by atoms with Crippen LogP contribution < -0.4 is 19.9 Å². The van der Waals surface area contributed by atoms with Gasteiger partial charge in [-0.2, -0.15) is 8.42 Å². The maximum absolute atomic E-state index is 10.8. The first-order chi connectivity index (χ1) is 15.3. The molecule has 0 unspecified atom stereocenters. The van der Waals surface area contributed by atoms with E-state index in [2.05, 4.69) is 4.99 Å². The minimum absolute atomic E-state index is 0.0140. The van der Waals surface area contributed by atoms with Crippen LogP contribution in [0.5, 0.6) is 17.2 Å². The zero-order chi connectivity index (χ0) is 23.0. The van der Waals surface area contributed by atoms with Gasteiger partial charge in [0.25, 0.3) is 10.1 Å². The molecular formula is C23H24N2O6S. The number of aliphatic imine (C=N–C) groups is 1. The Kier molecular flexibility index (Phi) is 7.69. The van der Waals surface area contributed by atoms with Gasteiger partial charge in [0.2, 0.25) is 0 Å². The largest absolute Gasteiger partial charge is 0.493 e. The van der Waals surface area contributed by atoms with Crippen LogP contribution in [-0.2, 0) is 23.3 Å². The molecule has 0 amide bonds. The van der Waals surface area contributed by atoms with E-state index in [4.69, 9.17) is 24.5 Å². The van der Waals surface area contributed by atoms with Crippen LogP contribution >= 0.6 is 0 Å². The molecular weight excluding hydrogens is 432 g/mol. The molecule has 0 heterocycles. The highest BCUT2D eigenvalue weighted by Crippen LogP contribution is 2.26. The van der Waals surface area contributed by atoms with Gasteiger partial charge in [0.1, 0.15) is 24.8 Å². The molecule has 3 rings (SSSR count). The predicted octanol–water partition coefficient (Wildman–Crippen LogP) is 3.40. The molecule has 0 saturated heterocycles. The van der Waals surface area contributed by atoms with Gasteiger partial charge in [-0.05, 0) is 47.5 Å². The van der Waals surface area contributed by atoms with Crippen molar-refractivity contribution in [1.82, 2.24) is 0 Å². The normalized spacial score (nSPS) is 11.8. The highest BCUT2D eigenvalue weighted by Gasteiger charge is 2.06. The average Bonchev–Trinajstić information content (AvgIpc) is 2.80. The molecule has 0 saturated carbocycles. The van der Waals surface area contributed by atoms with Crippen LogP contribution in [-0.4, -0.2) is 31.8 Å². The molecule has 0 aromatic heterocycles. The van der Waals surface area contributed by atoms with Gasteiger partial charge < -0.3 is 19.9 Å². The molecule has 0 radical (unpaired) electrons. The van der Waals surface area contributed by atoms with Crippen LogP contribution in [0.25, 0.3) is 0 Å². The van der Waals surface area contributed by atoms with Crippen LogP contribution in [0.3, 0.4) is 0 Å². The summed E-state index contributed by atoms with van der Waals surface area (Å²) in [4.78, 5) is 3.64. The number of benzene rings is 3. The van der Waals surface area contributed by atoms with Gasteiger partial charge in [0.15, 0.2) is 17.4 Å². The number of nitrogens with two attached hydrogens (primary N) is 1. The first kappa shape index (κ1) is 23.1. The van der Waals surface area contributed by atoms with E-state index in [0.717, 1.165) is 11.1 Å². The lowest BCUT2D eigenvalue weighted by molar-refractivity contribution is 0.284. The third-order valence-electron chi connectivity index (χ3n) is 4.44. The minimum atomic E-state index is -4.20. The van der Waals surface area contributed by atoms with E-state index in [0.29, 0.717) is 36.0 Å². The van der Waals surface area contributed by atoms with E-state index in [1.807, 2.05) is 48.5 Å². The summed E-state index contributed by atoms with van der Waals surface area (Å²) in [6, 6.07) is 22.1. The van der Waals surface area contributed by atoms with E-state index in [9.17, 15) is 8.42 Å². The number of para-hydroxylation sites is 2. The van der Waals surface area contributed by atoms with Crippen molar-refractivity contribution in [3.63, 3.8) is 0 Å². The van der Waals surface area contributed by atoms with E-state index in [1.54, 1.807) is 31.4 Å². The first-order valence-corrected chi connectivity index (χ1v) is 11.3. The molecule has 0 aliphatic carbocycles. The fraction of sp³-hybridized carbons (Fsp3) is 0.174. The van der Waals surface area contributed by atoms with Crippen LogP contribution in [0, 0.1) is 0 Å². The summed E-state index contributed by atoms with van der Waals surface area (Å²) in [5.74, 6) is 1.24. The Hall–Kier alpha value is -3.56. The number of nitrogens with zero attached hydrogens (tertiary/aromatic N) is 1. The van der Waals surface area contributed by atoms with Gasteiger partial charge in [0, 0.05) is 5.56 Å². The molecule has 32 heavy (non-hydrogen) atoms. The molecule has 8 nitrogen and oxygen atoms in total. The smallest absolute Gasteiger partial charge is 0.285 e. The summed E-state index contributed by atoms with van der Waals surface area (Å²) >= 11 is 0. The highest BCUT2D eigenvalue weighted by molar-refractivity contribution is 7.85. The fourth-order valence-electron chi connectivity index (χ4n) is 2.76. The molecule has 3 N–H and O–H groups in total. The highest BCUT2D eigenvalue weighted by atomic mass is 32.2. The Morgan fingerprint density at radius 3 is 2.00 bits per heavy atom. The van der Waals surface area contributed by atoms with Crippen molar-refractivity contribution in [2.24, 2.45) is 10.7 Å². The summed E-state index contributed by atoms with van der Waals surface area (Å²) in [5.41, 5.74) is 8.26. The molecule has 0 bridgehead atoms. The topological polar surface area (TPSA) is 120 Å². The molecule has 3 aromatic carbocycles. The number of methoxy groups -OCH3 is 1. The van der Waals surface area contributed by atoms with Gasteiger partial charge in [-0.3, -0.25) is 4.55 Å². The van der Waals surface area contributed by atoms with E-state index < -0.39 is 16.0 Å². The van der Waals surface area contributed by atoms with E-state index >= 15 is 0 Å². The Labute approximate surface area is 187 Å². The van der Waals surface area contributed by atoms with Crippen molar-refractivity contribution >= 4 is 16.0 Å². The Balaban J connectivity index is 1.51. The van der Waals surface area contributed by atoms with Crippen LogP contribution in [0.2, 0.25) is 0 Å². The number of hydrogen-bond donors (Lipinski definition) is 2. The van der Waals surface area contributed by atoms with Crippen LogP contribution in [0.1, 0.15) is 16.7 Å². The molecule has 0 spiro atoms. The SMILES string of the molecule is COc1ccccc1OCc1ccc(COc2ccc(C(N)=NCS(=O)(=O)O)cc2)cc1. The second-order valence-electron chi connectivity index (χ2n) is 6.82. The molecule has 3 aromatic rings. The van der Waals surface area contributed by atoms with Crippen LogP contribution in [0.15, 0.2) is 77.8 Å². The summed E-state index contributed by atoms with van der Waals surface area (Å²) in [7, 11) is -2.60. The molecule has 0 fully saturated rings. The minimum Gasteiger partial charge on any atom is -0.493 e. The molecule has 0 aliphatic rings. The van der Waals surface area contributed by atoms with Crippen molar-refractivity contribution < 1.29 is 27.2 Å². The number of amidine groups is 1. The quantitative estimate of drug-likeness (QED) is 0.272.